The topological polar surface area (TPSA) is 21.3 Å². The highest BCUT2D eigenvalue weighted by molar-refractivity contribution is 4.75. The van der Waals surface area contributed by atoms with Crippen LogP contribution in [-0.2, 0) is 4.74 Å². The van der Waals surface area contributed by atoms with Crippen LogP contribution in [0.25, 0.3) is 0 Å². The number of unbranched alkanes of at least 4 members (excludes halogenated alkanes) is 3. The molecule has 2 heteroatoms. The molecule has 1 N–H and O–H groups in total. The normalized spacial score (nSPS) is 11.8. The molecule has 2 nitrogen and oxygen atoms in total. The molecule has 0 radical (unpaired) electrons. The number of hydrogen-bond donors (Lipinski definition) is 1. The number of nitrogens with one attached hydrogen (secondary N) is 1. The van der Waals surface area contributed by atoms with Crippen molar-refractivity contribution < 1.29 is 4.74 Å². The number of hydrogen-bond acceptors (Lipinski definition) is 2. The van der Waals surface area contributed by atoms with Crippen molar-refractivity contribution in [1.82, 2.24) is 5.32 Å². The van der Waals surface area contributed by atoms with Gasteiger partial charge in [0.2, 0.25) is 0 Å². The van der Waals surface area contributed by atoms with E-state index < -0.39 is 0 Å². The highest BCUT2D eigenvalue weighted by atomic mass is 16.5. The summed E-state index contributed by atoms with van der Waals surface area (Å²) in [6.45, 7) is 10.5. The third-order valence-electron chi connectivity index (χ3n) is 2.39. The average molecular weight is 227 g/mol. The quantitative estimate of drug-likeness (QED) is 0.431. The summed E-state index contributed by atoms with van der Waals surface area (Å²) in [4.78, 5) is 0. The summed E-state index contributed by atoms with van der Waals surface area (Å²) in [5.41, 5.74) is 0. The third-order valence-corrected chi connectivity index (χ3v) is 2.39. The van der Waals surface area contributed by atoms with Gasteiger partial charge in [0.05, 0.1) is 6.61 Å². The second-order valence-corrected chi connectivity index (χ2v) is 4.66. The first-order valence-corrected chi connectivity index (χ1v) is 6.67. The van der Waals surface area contributed by atoms with E-state index in [0.29, 0.717) is 0 Å². The van der Waals surface area contributed by atoms with Crippen LogP contribution < -0.4 is 5.32 Å². The molecule has 0 aromatic heterocycles. The standard InChI is InChI=1S/C14H29NO/c1-4-5-11-16-12-9-7-6-8-10-15-13-14(2)3/h4-5,14-15H,6-13H2,1-3H3. The van der Waals surface area contributed by atoms with E-state index in [4.69, 9.17) is 4.74 Å². The highest BCUT2D eigenvalue weighted by Gasteiger charge is 1.93. The van der Waals surface area contributed by atoms with Crippen molar-refractivity contribution in [2.75, 3.05) is 26.3 Å². The Bertz CT molecular complexity index is 155. The fraction of sp³-hybridized carbons (Fsp3) is 0.857. The molecule has 0 saturated heterocycles. The van der Waals surface area contributed by atoms with Crippen LogP contribution >= 0.6 is 0 Å². The van der Waals surface area contributed by atoms with Crippen LogP contribution in [0.4, 0.5) is 0 Å². The van der Waals surface area contributed by atoms with Crippen molar-refractivity contribution in [2.24, 2.45) is 5.92 Å². The van der Waals surface area contributed by atoms with Gasteiger partial charge in [-0.05, 0) is 38.8 Å². The van der Waals surface area contributed by atoms with E-state index in [1.54, 1.807) is 0 Å². The van der Waals surface area contributed by atoms with E-state index in [9.17, 15) is 0 Å². The zero-order chi connectivity index (χ0) is 12.1. The minimum atomic E-state index is 0.764. The summed E-state index contributed by atoms with van der Waals surface area (Å²) in [6, 6.07) is 0. The Morgan fingerprint density at radius 2 is 1.88 bits per heavy atom. The van der Waals surface area contributed by atoms with Gasteiger partial charge in [-0.25, -0.2) is 0 Å². The second-order valence-electron chi connectivity index (χ2n) is 4.66. The first-order chi connectivity index (χ1) is 7.77. The summed E-state index contributed by atoms with van der Waals surface area (Å²) in [7, 11) is 0. The van der Waals surface area contributed by atoms with E-state index in [2.05, 4.69) is 25.2 Å². The maximum Gasteiger partial charge on any atom is 0.0647 e. The van der Waals surface area contributed by atoms with Gasteiger partial charge >= 0.3 is 0 Å². The maximum atomic E-state index is 5.43. The van der Waals surface area contributed by atoms with Crippen LogP contribution in [0.3, 0.4) is 0 Å². The van der Waals surface area contributed by atoms with Crippen LogP contribution in [0, 0.1) is 5.92 Å². The van der Waals surface area contributed by atoms with E-state index in [-0.39, 0.29) is 0 Å². The summed E-state index contributed by atoms with van der Waals surface area (Å²) in [6.07, 6.45) is 9.18. The summed E-state index contributed by atoms with van der Waals surface area (Å²) in [5.74, 6) is 0.764. The van der Waals surface area contributed by atoms with Crippen molar-refractivity contribution in [3.63, 3.8) is 0 Å². The molecule has 0 saturated carbocycles. The lowest BCUT2D eigenvalue weighted by molar-refractivity contribution is 0.157. The molecular formula is C14H29NO. The minimum Gasteiger partial charge on any atom is -0.377 e. The van der Waals surface area contributed by atoms with Gasteiger partial charge in [0.15, 0.2) is 0 Å². The minimum absolute atomic E-state index is 0.764. The van der Waals surface area contributed by atoms with E-state index in [1.165, 1.54) is 25.7 Å². The third kappa shape index (κ3) is 13.7. The van der Waals surface area contributed by atoms with Gasteiger partial charge in [-0.15, -0.1) is 0 Å². The molecule has 0 bridgehead atoms. The Labute approximate surface area is 101 Å². The summed E-state index contributed by atoms with van der Waals surface area (Å²) in [5, 5.41) is 3.46. The van der Waals surface area contributed by atoms with Gasteiger partial charge in [-0.3, -0.25) is 0 Å². The average Bonchev–Trinajstić information content (AvgIpc) is 2.25. The molecule has 0 spiro atoms. The van der Waals surface area contributed by atoms with Crippen LogP contribution in [0.2, 0.25) is 0 Å². The Kier molecular flexibility index (Phi) is 12.5. The zero-order valence-corrected chi connectivity index (χ0v) is 11.3. The summed E-state index contributed by atoms with van der Waals surface area (Å²) >= 11 is 0. The smallest absolute Gasteiger partial charge is 0.0647 e. The summed E-state index contributed by atoms with van der Waals surface area (Å²) < 4.78 is 5.43. The molecule has 16 heavy (non-hydrogen) atoms. The number of rotatable bonds is 11. The van der Waals surface area contributed by atoms with Crippen molar-refractivity contribution in [2.45, 2.75) is 46.5 Å². The van der Waals surface area contributed by atoms with Gasteiger partial charge in [-0.1, -0.05) is 38.8 Å². The molecular weight excluding hydrogens is 198 g/mol. The lowest BCUT2D eigenvalue weighted by Crippen LogP contribution is -2.20. The van der Waals surface area contributed by atoms with Crippen molar-refractivity contribution >= 4 is 0 Å². The molecule has 0 atom stereocenters. The molecule has 0 unspecified atom stereocenters. The first kappa shape index (κ1) is 15.7. The molecule has 0 aliphatic carbocycles. The van der Waals surface area contributed by atoms with Crippen LogP contribution in [0.1, 0.15) is 46.5 Å². The van der Waals surface area contributed by atoms with Gasteiger partial charge in [0.1, 0.15) is 0 Å². The fourth-order valence-corrected chi connectivity index (χ4v) is 1.45. The molecule has 0 aliphatic heterocycles. The van der Waals surface area contributed by atoms with Crippen molar-refractivity contribution in [1.29, 1.82) is 0 Å². The number of ether oxygens (including phenoxy) is 1. The van der Waals surface area contributed by atoms with Crippen LogP contribution in [0.15, 0.2) is 12.2 Å². The molecule has 0 heterocycles. The molecule has 0 aromatic rings. The van der Waals surface area contributed by atoms with Gasteiger partial charge in [-0.2, -0.15) is 0 Å². The monoisotopic (exact) mass is 227 g/mol. The molecule has 0 aliphatic rings. The molecule has 0 amide bonds. The van der Waals surface area contributed by atoms with E-state index in [0.717, 1.165) is 32.2 Å². The maximum absolute atomic E-state index is 5.43. The van der Waals surface area contributed by atoms with Crippen molar-refractivity contribution in [3.05, 3.63) is 12.2 Å². The second kappa shape index (κ2) is 12.7. The van der Waals surface area contributed by atoms with Gasteiger partial charge in [0.25, 0.3) is 0 Å². The fourth-order valence-electron chi connectivity index (χ4n) is 1.45. The predicted octanol–water partition coefficient (Wildman–Crippen LogP) is 3.39. The Hall–Kier alpha value is -0.340. The lowest BCUT2D eigenvalue weighted by Gasteiger charge is -2.06. The largest absolute Gasteiger partial charge is 0.377 e. The van der Waals surface area contributed by atoms with E-state index in [1.807, 2.05) is 13.0 Å². The van der Waals surface area contributed by atoms with Crippen molar-refractivity contribution in [3.8, 4) is 0 Å². The first-order valence-electron chi connectivity index (χ1n) is 6.67. The van der Waals surface area contributed by atoms with Gasteiger partial charge in [0, 0.05) is 6.61 Å². The molecule has 0 fully saturated rings. The molecule has 96 valence electrons. The Morgan fingerprint density at radius 1 is 1.12 bits per heavy atom. The predicted molar refractivity (Wildman–Crippen MR) is 71.8 cm³/mol. The molecule has 0 rings (SSSR count). The lowest BCUT2D eigenvalue weighted by atomic mass is 10.2. The van der Waals surface area contributed by atoms with Gasteiger partial charge < -0.3 is 10.1 Å². The Morgan fingerprint density at radius 3 is 2.56 bits per heavy atom. The van der Waals surface area contributed by atoms with Crippen LogP contribution in [-0.4, -0.2) is 26.3 Å². The highest BCUT2D eigenvalue weighted by Crippen LogP contribution is 1.99. The zero-order valence-electron chi connectivity index (χ0n) is 11.3. The number of allylic oxidation sites excluding steroid dienone is 1. The van der Waals surface area contributed by atoms with E-state index >= 15 is 0 Å². The molecule has 0 aromatic carbocycles. The SMILES string of the molecule is CC=CCOCCCCCCNCC(C)C. The van der Waals surface area contributed by atoms with Crippen LogP contribution in [0.5, 0.6) is 0 Å². The Balaban J connectivity index is 2.93.